The van der Waals surface area contributed by atoms with Crippen LogP contribution >= 0.6 is 11.6 Å². The van der Waals surface area contributed by atoms with E-state index in [0.717, 1.165) is 5.56 Å². The lowest BCUT2D eigenvalue weighted by atomic mass is 10.2. The largest absolute Gasteiger partial charge is 0.373 e. The first-order chi connectivity index (χ1) is 9.10. The van der Waals surface area contributed by atoms with Gasteiger partial charge >= 0.3 is 0 Å². The fourth-order valence-electron chi connectivity index (χ4n) is 1.57. The fraction of sp³-hybridized carbons (Fsp3) is 0.143. The highest BCUT2D eigenvalue weighted by atomic mass is 35.5. The number of pyridine rings is 1. The lowest BCUT2D eigenvalue weighted by Gasteiger charge is -2.08. The number of anilines is 2. The molecular weight excluding hydrogens is 262 g/mol. The highest BCUT2D eigenvalue weighted by Gasteiger charge is 2.13. The second kappa shape index (κ2) is 5.71. The van der Waals surface area contributed by atoms with Crippen molar-refractivity contribution in [1.29, 1.82) is 0 Å². The van der Waals surface area contributed by atoms with E-state index in [0.29, 0.717) is 16.5 Å². The average Bonchev–Trinajstić information content (AvgIpc) is 2.42. The first-order valence-electron chi connectivity index (χ1n) is 5.82. The predicted molar refractivity (Wildman–Crippen MR) is 77.9 cm³/mol. The molecule has 1 amide bonds. The molecule has 0 bridgehead atoms. The lowest BCUT2D eigenvalue weighted by molar-refractivity contribution is 0.102. The average molecular weight is 276 g/mol. The van der Waals surface area contributed by atoms with E-state index in [1.807, 2.05) is 31.2 Å². The summed E-state index contributed by atoms with van der Waals surface area (Å²) in [6.45, 7) is 1.99. The van der Waals surface area contributed by atoms with Crippen molar-refractivity contribution in [3.8, 4) is 0 Å². The van der Waals surface area contributed by atoms with Gasteiger partial charge in [0.25, 0.3) is 5.91 Å². The summed E-state index contributed by atoms with van der Waals surface area (Å²) in [5, 5.41) is 5.96. The van der Waals surface area contributed by atoms with Crippen LogP contribution in [0.1, 0.15) is 16.1 Å². The maximum absolute atomic E-state index is 12.1. The second-order valence-corrected chi connectivity index (χ2v) is 4.50. The third-order valence-corrected chi connectivity index (χ3v) is 2.93. The molecule has 4 nitrogen and oxygen atoms in total. The molecule has 0 aliphatic heterocycles. The van der Waals surface area contributed by atoms with Crippen LogP contribution in [0.25, 0.3) is 0 Å². The third kappa shape index (κ3) is 3.23. The van der Waals surface area contributed by atoms with Crippen LogP contribution in [0, 0.1) is 6.92 Å². The molecular formula is C14H14ClN3O. The van der Waals surface area contributed by atoms with Gasteiger partial charge in [-0.1, -0.05) is 29.3 Å². The summed E-state index contributed by atoms with van der Waals surface area (Å²) < 4.78 is 0. The zero-order chi connectivity index (χ0) is 13.8. The molecule has 0 atom stereocenters. The van der Waals surface area contributed by atoms with Gasteiger partial charge in [-0.3, -0.25) is 4.79 Å². The van der Waals surface area contributed by atoms with Gasteiger partial charge in [0.2, 0.25) is 0 Å². The highest BCUT2D eigenvalue weighted by molar-refractivity contribution is 6.34. The maximum Gasteiger partial charge on any atom is 0.275 e. The van der Waals surface area contributed by atoms with Crippen LogP contribution < -0.4 is 10.6 Å². The summed E-state index contributed by atoms with van der Waals surface area (Å²) in [4.78, 5) is 16.3. The van der Waals surface area contributed by atoms with E-state index in [-0.39, 0.29) is 11.6 Å². The van der Waals surface area contributed by atoms with Crippen molar-refractivity contribution in [2.24, 2.45) is 0 Å². The van der Waals surface area contributed by atoms with Gasteiger partial charge in [0.15, 0.2) is 0 Å². The monoisotopic (exact) mass is 275 g/mol. The smallest absolute Gasteiger partial charge is 0.275 e. The molecule has 0 saturated heterocycles. The number of amides is 1. The minimum absolute atomic E-state index is 0.203. The van der Waals surface area contributed by atoms with Crippen LogP contribution in [-0.4, -0.2) is 17.9 Å². The second-order valence-electron chi connectivity index (χ2n) is 4.10. The third-order valence-electron chi connectivity index (χ3n) is 2.63. The number of carbonyl (C=O) groups excluding carboxylic acids is 1. The Morgan fingerprint density at radius 3 is 2.47 bits per heavy atom. The molecule has 1 aromatic heterocycles. The number of benzene rings is 1. The van der Waals surface area contributed by atoms with E-state index in [9.17, 15) is 4.79 Å². The molecule has 0 aliphatic carbocycles. The van der Waals surface area contributed by atoms with Crippen molar-refractivity contribution >= 4 is 29.0 Å². The highest BCUT2D eigenvalue weighted by Crippen LogP contribution is 2.18. The van der Waals surface area contributed by atoms with Crippen LogP contribution in [-0.2, 0) is 0 Å². The molecule has 98 valence electrons. The minimum atomic E-state index is -0.328. The van der Waals surface area contributed by atoms with Crippen molar-refractivity contribution < 1.29 is 4.79 Å². The number of carbonyl (C=O) groups is 1. The Balaban J connectivity index is 2.22. The van der Waals surface area contributed by atoms with Gasteiger partial charge in [-0.25, -0.2) is 4.98 Å². The Labute approximate surface area is 116 Å². The number of aromatic nitrogens is 1. The van der Waals surface area contributed by atoms with E-state index in [1.54, 1.807) is 19.2 Å². The Kier molecular flexibility index (Phi) is 4.02. The minimum Gasteiger partial charge on any atom is -0.373 e. The van der Waals surface area contributed by atoms with Gasteiger partial charge in [0.1, 0.15) is 11.5 Å². The number of nitrogens with zero attached hydrogens (tertiary/aromatic N) is 1. The van der Waals surface area contributed by atoms with E-state index < -0.39 is 0 Å². The number of halogens is 1. The fourth-order valence-corrected chi connectivity index (χ4v) is 1.76. The standard InChI is InChI=1S/C14H14ClN3O/c1-9-3-5-10(6-4-9)17-14(19)13-11(15)7-8-12(16-2)18-13/h3-8H,1-2H3,(H,16,18)(H,17,19). The Hall–Kier alpha value is -2.07. The maximum atomic E-state index is 12.1. The summed E-state index contributed by atoms with van der Waals surface area (Å²) >= 11 is 5.99. The number of hydrogen-bond acceptors (Lipinski definition) is 3. The van der Waals surface area contributed by atoms with Crippen LogP contribution in [0.15, 0.2) is 36.4 Å². The van der Waals surface area contributed by atoms with Gasteiger partial charge in [-0.05, 0) is 31.2 Å². The molecule has 0 fully saturated rings. The van der Waals surface area contributed by atoms with Gasteiger partial charge in [0, 0.05) is 12.7 Å². The van der Waals surface area contributed by atoms with Crippen molar-refractivity contribution in [2.75, 3.05) is 17.7 Å². The quantitative estimate of drug-likeness (QED) is 0.903. The van der Waals surface area contributed by atoms with Crippen LogP contribution in [0.3, 0.4) is 0 Å². The molecule has 0 spiro atoms. The lowest BCUT2D eigenvalue weighted by Crippen LogP contribution is -2.15. The number of aryl methyl sites for hydroxylation is 1. The Bertz CT molecular complexity index is 596. The molecule has 0 aliphatic rings. The van der Waals surface area contributed by atoms with E-state index in [1.165, 1.54) is 0 Å². The van der Waals surface area contributed by atoms with E-state index in [2.05, 4.69) is 15.6 Å². The predicted octanol–water partition coefficient (Wildman–Crippen LogP) is 3.34. The molecule has 1 heterocycles. The van der Waals surface area contributed by atoms with Gasteiger partial charge in [-0.2, -0.15) is 0 Å². The van der Waals surface area contributed by atoms with Crippen molar-refractivity contribution in [3.05, 3.63) is 52.7 Å². The van der Waals surface area contributed by atoms with Crippen LogP contribution in [0.4, 0.5) is 11.5 Å². The Morgan fingerprint density at radius 2 is 1.84 bits per heavy atom. The summed E-state index contributed by atoms with van der Waals surface area (Å²) in [5.74, 6) is 0.268. The molecule has 2 rings (SSSR count). The topological polar surface area (TPSA) is 54.0 Å². The van der Waals surface area contributed by atoms with Crippen molar-refractivity contribution in [1.82, 2.24) is 4.98 Å². The van der Waals surface area contributed by atoms with E-state index >= 15 is 0 Å². The first-order valence-corrected chi connectivity index (χ1v) is 6.20. The van der Waals surface area contributed by atoms with E-state index in [4.69, 9.17) is 11.6 Å². The van der Waals surface area contributed by atoms with Gasteiger partial charge in [-0.15, -0.1) is 0 Å². The SMILES string of the molecule is CNc1ccc(Cl)c(C(=O)Nc2ccc(C)cc2)n1. The molecule has 2 aromatic rings. The number of hydrogen-bond donors (Lipinski definition) is 2. The zero-order valence-electron chi connectivity index (χ0n) is 10.7. The molecule has 5 heteroatoms. The summed E-state index contributed by atoms with van der Waals surface area (Å²) in [6.07, 6.45) is 0. The number of rotatable bonds is 3. The summed E-state index contributed by atoms with van der Waals surface area (Å²) in [5.41, 5.74) is 2.05. The summed E-state index contributed by atoms with van der Waals surface area (Å²) in [6, 6.07) is 10.9. The summed E-state index contributed by atoms with van der Waals surface area (Å²) in [7, 11) is 1.73. The molecule has 0 radical (unpaired) electrons. The van der Waals surface area contributed by atoms with Crippen LogP contribution in [0.2, 0.25) is 5.02 Å². The molecule has 0 saturated carbocycles. The van der Waals surface area contributed by atoms with Crippen LogP contribution in [0.5, 0.6) is 0 Å². The first kappa shape index (κ1) is 13.4. The molecule has 19 heavy (non-hydrogen) atoms. The molecule has 0 unspecified atom stereocenters. The van der Waals surface area contributed by atoms with Crippen molar-refractivity contribution in [2.45, 2.75) is 6.92 Å². The normalized spacial score (nSPS) is 10.1. The zero-order valence-corrected chi connectivity index (χ0v) is 11.5. The Morgan fingerprint density at radius 1 is 1.16 bits per heavy atom. The van der Waals surface area contributed by atoms with Gasteiger partial charge < -0.3 is 10.6 Å². The molecule has 1 aromatic carbocycles. The van der Waals surface area contributed by atoms with Crippen molar-refractivity contribution in [3.63, 3.8) is 0 Å². The molecule has 2 N–H and O–H groups in total. The number of nitrogens with one attached hydrogen (secondary N) is 2. The van der Waals surface area contributed by atoms with Gasteiger partial charge in [0.05, 0.1) is 5.02 Å².